The van der Waals surface area contributed by atoms with Gasteiger partial charge in [0.2, 0.25) is 0 Å². The summed E-state index contributed by atoms with van der Waals surface area (Å²) >= 11 is 0. The third-order valence-corrected chi connectivity index (χ3v) is 3.89. The summed E-state index contributed by atoms with van der Waals surface area (Å²) in [5.41, 5.74) is 9.78. The van der Waals surface area contributed by atoms with E-state index in [1.54, 1.807) is 0 Å². The molecule has 0 amide bonds. The van der Waals surface area contributed by atoms with E-state index < -0.39 is 0 Å². The van der Waals surface area contributed by atoms with Gasteiger partial charge in [-0.2, -0.15) is 0 Å². The largest absolute Gasteiger partial charge is 0.399 e. The van der Waals surface area contributed by atoms with Gasteiger partial charge in [0.05, 0.1) is 0 Å². The normalized spacial score (nSPS) is 12.7. The van der Waals surface area contributed by atoms with E-state index >= 15 is 0 Å². The number of benzene rings is 1. The van der Waals surface area contributed by atoms with Gasteiger partial charge in [-0.05, 0) is 42.7 Å². The van der Waals surface area contributed by atoms with Crippen LogP contribution in [0.5, 0.6) is 0 Å². The van der Waals surface area contributed by atoms with Gasteiger partial charge in [0, 0.05) is 24.8 Å². The summed E-state index contributed by atoms with van der Waals surface area (Å²) in [5, 5.41) is 0. The van der Waals surface area contributed by atoms with E-state index in [2.05, 4.69) is 35.5 Å². The molecule has 1 unspecified atom stereocenters. The van der Waals surface area contributed by atoms with Gasteiger partial charge >= 0.3 is 0 Å². The summed E-state index contributed by atoms with van der Waals surface area (Å²) in [6.45, 7) is 5.24. The fourth-order valence-corrected chi connectivity index (χ4v) is 2.71. The van der Waals surface area contributed by atoms with Crippen LogP contribution in [0.3, 0.4) is 0 Å². The second-order valence-corrected chi connectivity index (χ2v) is 5.39. The molecular weight excluding hydrogens is 260 g/mol. The minimum atomic E-state index is 0.396. The fraction of sp³-hybridized carbons (Fsp3) is 0.294. The molecule has 0 saturated carbocycles. The van der Waals surface area contributed by atoms with E-state index in [0.29, 0.717) is 5.92 Å². The number of hydrogen-bond donors (Lipinski definition) is 1. The molecule has 2 N–H and O–H groups in total. The van der Waals surface area contributed by atoms with Crippen LogP contribution < -0.4 is 5.73 Å². The Morgan fingerprint density at radius 3 is 2.67 bits per heavy atom. The topological polar surface area (TPSA) is 56.7 Å². The zero-order valence-corrected chi connectivity index (χ0v) is 12.5. The summed E-state index contributed by atoms with van der Waals surface area (Å²) in [5.74, 6) is 1.49. The number of rotatable bonds is 4. The molecule has 4 nitrogen and oxygen atoms in total. The lowest BCUT2D eigenvalue weighted by Crippen LogP contribution is -2.07. The molecule has 4 heteroatoms. The number of nitrogens with two attached hydrogens (primary N) is 1. The van der Waals surface area contributed by atoms with Crippen LogP contribution in [0.25, 0.3) is 11.2 Å². The Kier molecular flexibility index (Phi) is 3.60. The average Bonchev–Trinajstić information content (AvgIpc) is 2.84. The summed E-state index contributed by atoms with van der Waals surface area (Å²) < 4.78 is 2.20. The van der Waals surface area contributed by atoms with E-state index in [-0.39, 0.29) is 0 Å². The first-order valence-electron chi connectivity index (χ1n) is 7.34. The number of aromatic nitrogens is 3. The van der Waals surface area contributed by atoms with Gasteiger partial charge in [0.15, 0.2) is 5.65 Å². The molecule has 0 fully saturated rings. The van der Waals surface area contributed by atoms with Crippen LogP contribution in [0.4, 0.5) is 5.69 Å². The lowest BCUT2D eigenvalue weighted by molar-refractivity contribution is 0.651. The number of imidazole rings is 1. The monoisotopic (exact) mass is 280 g/mol. The van der Waals surface area contributed by atoms with Crippen molar-refractivity contribution in [3.8, 4) is 0 Å². The highest BCUT2D eigenvalue weighted by atomic mass is 15.1. The van der Waals surface area contributed by atoms with Crippen molar-refractivity contribution in [2.24, 2.45) is 0 Å². The van der Waals surface area contributed by atoms with Crippen molar-refractivity contribution >= 4 is 16.9 Å². The molecule has 1 aromatic carbocycles. The molecule has 0 spiro atoms. The minimum absolute atomic E-state index is 0.396. The maximum Gasteiger partial charge on any atom is 0.159 e. The SMILES string of the molecule is CCn1c(CC(C)c2ccc(N)cc2)nc2cccnc21. The summed E-state index contributed by atoms with van der Waals surface area (Å²) in [6.07, 6.45) is 2.72. The molecule has 1 atom stereocenters. The molecule has 0 saturated heterocycles. The van der Waals surface area contributed by atoms with E-state index in [9.17, 15) is 0 Å². The molecule has 3 rings (SSSR count). The Hall–Kier alpha value is -2.36. The molecule has 2 heterocycles. The average molecular weight is 280 g/mol. The minimum Gasteiger partial charge on any atom is -0.399 e. The van der Waals surface area contributed by atoms with Crippen LogP contribution in [0.2, 0.25) is 0 Å². The predicted octanol–water partition coefficient (Wildman–Crippen LogP) is 3.38. The van der Waals surface area contributed by atoms with Gasteiger partial charge in [-0.1, -0.05) is 19.1 Å². The third kappa shape index (κ3) is 2.61. The molecule has 0 aliphatic heterocycles. The van der Waals surface area contributed by atoms with Crippen molar-refractivity contribution in [3.63, 3.8) is 0 Å². The van der Waals surface area contributed by atoms with Gasteiger partial charge in [0.25, 0.3) is 0 Å². The molecule has 108 valence electrons. The van der Waals surface area contributed by atoms with Gasteiger partial charge in [0.1, 0.15) is 11.3 Å². The van der Waals surface area contributed by atoms with Crippen molar-refractivity contribution < 1.29 is 0 Å². The van der Waals surface area contributed by atoms with Crippen LogP contribution in [-0.4, -0.2) is 14.5 Å². The summed E-state index contributed by atoms with van der Waals surface area (Å²) in [4.78, 5) is 9.19. The van der Waals surface area contributed by atoms with Gasteiger partial charge in [-0.15, -0.1) is 0 Å². The molecular formula is C17H20N4. The van der Waals surface area contributed by atoms with Crippen LogP contribution in [0, 0.1) is 0 Å². The lowest BCUT2D eigenvalue weighted by atomic mass is 9.97. The first-order valence-corrected chi connectivity index (χ1v) is 7.34. The van der Waals surface area contributed by atoms with Crippen LogP contribution in [-0.2, 0) is 13.0 Å². The highest BCUT2D eigenvalue weighted by Gasteiger charge is 2.14. The highest BCUT2D eigenvalue weighted by molar-refractivity contribution is 5.71. The number of anilines is 1. The fourth-order valence-electron chi connectivity index (χ4n) is 2.71. The van der Waals surface area contributed by atoms with Crippen LogP contribution in [0.1, 0.15) is 31.2 Å². The van der Waals surface area contributed by atoms with Crippen LogP contribution in [0.15, 0.2) is 42.6 Å². The zero-order valence-electron chi connectivity index (χ0n) is 12.5. The van der Waals surface area contributed by atoms with Crippen LogP contribution >= 0.6 is 0 Å². The Labute approximate surface area is 124 Å². The number of pyridine rings is 1. The number of fused-ring (bicyclic) bond motifs is 1. The zero-order chi connectivity index (χ0) is 14.8. The number of hydrogen-bond acceptors (Lipinski definition) is 3. The Morgan fingerprint density at radius 2 is 1.95 bits per heavy atom. The lowest BCUT2D eigenvalue weighted by Gasteiger charge is -2.13. The smallest absolute Gasteiger partial charge is 0.159 e. The maximum absolute atomic E-state index is 5.75. The first kappa shape index (κ1) is 13.6. The number of nitrogens with zero attached hydrogens (tertiary/aromatic N) is 3. The number of nitrogen functional groups attached to an aromatic ring is 1. The molecule has 0 bridgehead atoms. The Balaban J connectivity index is 1.92. The molecule has 3 aromatic rings. The van der Waals surface area contributed by atoms with Gasteiger partial charge in [-0.3, -0.25) is 0 Å². The Bertz CT molecular complexity index is 743. The highest BCUT2D eigenvalue weighted by Crippen LogP contribution is 2.23. The predicted molar refractivity (Wildman–Crippen MR) is 86.2 cm³/mol. The molecule has 0 aliphatic rings. The third-order valence-electron chi connectivity index (χ3n) is 3.89. The van der Waals surface area contributed by atoms with E-state index in [0.717, 1.165) is 35.6 Å². The van der Waals surface area contributed by atoms with E-state index in [1.165, 1.54) is 5.56 Å². The molecule has 2 aromatic heterocycles. The first-order chi connectivity index (χ1) is 10.2. The Morgan fingerprint density at radius 1 is 1.19 bits per heavy atom. The van der Waals surface area contributed by atoms with Crippen molar-refractivity contribution in [1.29, 1.82) is 0 Å². The van der Waals surface area contributed by atoms with Gasteiger partial charge < -0.3 is 10.3 Å². The standard InChI is InChI=1S/C17H20N4/c1-3-21-16(20-15-5-4-10-19-17(15)21)11-12(2)13-6-8-14(18)9-7-13/h4-10,12H,3,11,18H2,1-2H3. The summed E-state index contributed by atoms with van der Waals surface area (Å²) in [7, 11) is 0. The second-order valence-electron chi connectivity index (χ2n) is 5.39. The molecule has 21 heavy (non-hydrogen) atoms. The second kappa shape index (κ2) is 5.56. The number of aryl methyl sites for hydroxylation is 1. The summed E-state index contributed by atoms with van der Waals surface area (Å²) in [6, 6.07) is 12.1. The molecule has 0 aliphatic carbocycles. The maximum atomic E-state index is 5.75. The quantitative estimate of drug-likeness (QED) is 0.745. The van der Waals surface area contributed by atoms with E-state index in [4.69, 9.17) is 10.7 Å². The van der Waals surface area contributed by atoms with Crippen molar-refractivity contribution in [1.82, 2.24) is 14.5 Å². The van der Waals surface area contributed by atoms with Crippen molar-refractivity contribution in [2.75, 3.05) is 5.73 Å². The van der Waals surface area contributed by atoms with E-state index in [1.807, 2.05) is 30.5 Å². The van der Waals surface area contributed by atoms with Crippen molar-refractivity contribution in [2.45, 2.75) is 32.7 Å². The molecule has 0 radical (unpaired) electrons. The van der Waals surface area contributed by atoms with Gasteiger partial charge in [-0.25, -0.2) is 9.97 Å². The van der Waals surface area contributed by atoms with Crippen molar-refractivity contribution in [3.05, 3.63) is 54.0 Å².